The van der Waals surface area contributed by atoms with Gasteiger partial charge in [0.05, 0.1) is 10.1 Å². The molecule has 7 heteroatoms. The summed E-state index contributed by atoms with van der Waals surface area (Å²) in [4.78, 5) is 5.26. The molecule has 1 heterocycles. The van der Waals surface area contributed by atoms with E-state index in [0.717, 1.165) is 16.8 Å². The Morgan fingerprint density at radius 1 is 1.00 bits per heavy atom. The Labute approximate surface area is 179 Å². The Morgan fingerprint density at radius 3 is 2.27 bits per heavy atom. The highest BCUT2D eigenvalue weighted by Crippen LogP contribution is 2.37. The lowest BCUT2D eigenvalue weighted by Gasteiger charge is -2.35. The molecule has 1 aliphatic heterocycles. The largest absolute Gasteiger partial charge is 0.531 e. The van der Waals surface area contributed by atoms with Gasteiger partial charge >= 0.3 is 0 Å². The summed E-state index contributed by atoms with van der Waals surface area (Å²) in [7, 11) is -5.33. The van der Waals surface area contributed by atoms with Gasteiger partial charge in [-0.3, -0.25) is 0 Å². The number of hydrogen-bond acceptors (Lipinski definition) is 5. The highest BCUT2D eigenvalue weighted by atomic mass is 32.2. The maximum absolute atomic E-state index is 13.2. The van der Waals surface area contributed by atoms with Crippen molar-refractivity contribution < 1.29 is 12.8 Å². The molecule has 0 saturated carbocycles. The molecule has 4 rings (SSSR count). The van der Waals surface area contributed by atoms with E-state index in [1.165, 1.54) is 0 Å². The molecular formula is C23H28N2O3SSi. The fourth-order valence-electron chi connectivity index (χ4n) is 3.92. The van der Waals surface area contributed by atoms with Gasteiger partial charge in [0.1, 0.15) is 6.17 Å². The van der Waals surface area contributed by atoms with Crippen molar-refractivity contribution in [2.75, 3.05) is 0 Å². The molecule has 5 nitrogen and oxygen atoms in total. The topological polar surface area (TPSA) is 67.8 Å². The van der Waals surface area contributed by atoms with E-state index in [-0.39, 0.29) is 6.17 Å². The zero-order chi connectivity index (χ0) is 21.4. The van der Waals surface area contributed by atoms with Gasteiger partial charge in [-0.2, -0.15) is 0 Å². The van der Waals surface area contributed by atoms with Crippen LogP contribution in [-0.2, 0) is 14.3 Å². The van der Waals surface area contributed by atoms with Crippen molar-refractivity contribution in [1.82, 2.24) is 5.32 Å². The first-order valence-electron chi connectivity index (χ1n) is 10.3. The Hall–Kier alpha value is -2.38. The van der Waals surface area contributed by atoms with Crippen LogP contribution >= 0.6 is 0 Å². The average molecular weight is 441 g/mol. The van der Waals surface area contributed by atoms with E-state index in [2.05, 4.69) is 25.0 Å². The van der Waals surface area contributed by atoms with E-state index < -0.39 is 23.4 Å². The third-order valence-corrected chi connectivity index (χ3v) is 8.37. The molecule has 30 heavy (non-hydrogen) atoms. The number of allylic oxidation sites excluding steroid dienone is 1. The molecule has 2 unspecified atom stereocenters. The molecule has 0 spiro atoms. The molecule has 1 N–H and O–H groups in total. The Bertz CT molecular complexity index is 1070. The van der Waals surface area contributed by atoms with Crippen molar-refractivity contribution >= 4 is 24.1 Å². The number of aliphatic imine (C=N–C) groups is 1. The van der Waals surface area contributed by atoms with Crippen LogP contribution in [0.5, 0.6) is 0 Å². The van der Waals surface area contributed by atoms with E-state index in [0.29, 0.717) is 30.1 Å². The number of sulfone groups is 1. The molecule has 2 atom stereocenters. The zero-order valence-electron chi connectivity index (χ0n) is 17.6. The maximum Gasteiger partial charge on any atom is 0.244 e. The fraction of sp³-hybridized carbons (Fsp3) is 0.348. The number of nitrogens with one attached hydrogen (secondary N) is 1. The van der Waals surface area contributed by atoms with E-state index in [4.69, 9.17) is 9.42 Å². The second-order valence-electron chi connectivity index (χ2n) is 8.79. The normalized spacial score (nSPS) is 22.0. The molecule has 0 bridgehead atoms. The highest BCUT2D eigenvalue weighted by Gasteiger charge is 2.38. The van der Waals surface area contributed by atoms with Crippen molar-refractivity contribution in [1.29, 1.82) is 0 Å². The van der Waals surface area contributed by atoms with Crippen LogP contribution in [0.1, 0.15) is 31.0 Å². The average Bonchev–Trinajstić information content (AvgIpc) is 2.73. The van der Waals surface area contributed by atoms with Gasteiger partial charge < -0.3 is 9.74 Å². The summed E-state index contributed by atoms with van der Waals surface area (Å²) in [6, 6.07) is 18.8. The molecule has 2 aliphatic rings. The van der Waals surface area contributed by atoms with Gasteiger partial charge in [0.15, 0.2) is 9.84 Å². The van der Waals surface area contributed by atoms with Crippen LogP contribution in [0.3, 0.4) is 0 Å². The predicted octanol–water partition coefficient (Wildman–Crippen LogP) is 4.82. The van der Waals surface area contributed by atoms with E-state index >= 15 is 0 Å². The third-order valence-electron chi connectivity index (χ3n) is 5.36. The van der Waals surface area contributed by atoms with Crippen LogP contribution in [0.4, 0.5) is 0 Å². The standard InChI is InChI=1S/C23H28N2O3SSi/c1-30(2,3)28-23-20-16-19(29(26,27)18-12-8-5-9-13-18)14-15-21(20)24-22(25-23)17-10-6-4-7-11-17/h4-13,19,22,24H,14-16H2,1-3H3. The lowest BCUT2D eigenvalue weighted by molar-refractivity contribution is 0.477. The van der Waals surface area contributed by atoms with Crippen LogP contribution in [-0.4, -0.2) is 27.9 Å². The van der Waals surface area contributed by atoms with Crippen molar-refractivity contribution in [3.63, 3.8) is 0 Å². The number of hydrogen-bond donors (Lipinski definition) is 1. The molecular weight excluding hydrogens is 412 g/mol. The quantitative estimate of drug-likeness (QED) is 0.692. The molecule has 0 fully saturated rings. The lowest BCUT2D eigenvalue weighted by atomic mass is 9.93. The minimum absolute atomic E-state index is 0.210. The van der Waals surface area contributed by atoms with Crippen molar-refractivity contribution in [3.8, 4) is 0 Å². The van der Waals surface area contributed by atoms with Crippen LogP contribution in [0, 0.1) is 0 Å². The zero-order valence-corrected chi connectivity index (χ0v) is 19.4. The molecule has 0 radical (unpaired) electrons. The Kier molecular flexibility index (Phi) is 5.59. The summed E-state index contributed by atoms with van der Waals surface area (Å²) in [5.74, 6) is 0.615. The number of rotatable bonds is 4. The molecule has 1 aliphatic carbocycles. The van der Waals surface area contributed by atoms with Crippen LogP contribution in [0.15, 0.2) is 81.8 Å². The molecule has 158 valence electrons. The van der Waals surface area contributed by atoms with Crippen LogP contribution < -0.4 is 5.32 Å². The van der Waals surface area contributed by atoms with Gasteiger partial charge in [-0.25, -0.2) is 13.4 Å². The fourth-order valence-corrected chi connectivity index (χ4v) is 6.41. The molecule has 2 aromatic rings. The smallest absolute Gasteiger partial charge is 0.244 e. The van der Waals surface area contributed by atoms with Crippen LogP contribution in [0.25, 0.3) is 0 Å². The second kappa shape index (κ2) is 8.04. The third kappa shape index (κ3) is 4.37. The molecule has 2 aromatic carbocycles. The van der Waals surface area contributed by atoms with Crippen molar-refractivity contribution in [2.24, 2.45) is 4.99 Å². The van der Waals surface area contributed by atoms with Crippen molar-refractivity contribution in [2.45, 2.75) is 55.2 Å². The van der Waals surface area contributed by atoms with Gasteiger partial charge in [-0.1, -0.05) is 48.5 Å². The Balaban J connectivity index is 1.67. The van der Waals surface area contributed by atoms with Gasteiger partial charge in [0.2, 0.25) is 14.2 Å². The summed E-state index contributed by atoms with van der Waals surface area (Å²) < 4.78 is 32.8. The predicted molar refractivity (Wildman–Crippen MR) is 122 cm³/mol. The van der Waals surface area contributed by atoms with Gasteiger partial charge in [0, 0.05) is 11.3 Å². The van der Waals surface area contributed by atoms with Gasteiger partial charge in [-0.05, 0) is 56.6 Å². The first-order chi connectivity index (χ1) is 14.2. The minimum atomic E-state index is -3.41. The number of nitrogens with zero attached hydrogens (tertiary/aromatic N) is 1. The van der Waals surface area contributed by atoms with E-state index in [9.17, 15) is 8.42 Å². The highest BCUT2D eigenvalue weighted by molar-refractivity contribution is 7.92. The summed E-state index contributed by atoms with van der Waals surface area (Å²) in [6.45, 7) is 6.36. The van der Waals surface area contributed by atoms with Gasteiger partial charge in [-0.15, -0.1) is 0 Å². The monoisotopic (exact) mass is 440 g/mol. The SMILES string of the molecule is C[Si](C)(C)OC1=NC(c2ccccc2)NC2=C1CC(S(=O)(=O)c1ccccc1)CC2. The van der Waals surface area contributed by atoms with Crippen molar-refractivity contribution in [3.05, 3.63) is 77.5 Å². The summed E-state index contributed by atoms with van der Waals surface area (Å²) in [5.41, 5.74) is 3.05. The summed E-state index contributed by atoms with van der Waals surface area (Å²) in [6.07, 6.45) is 1.47. The maximum atomic E-state index is 13.2. The first-order valence-corrected chi connectivity index (χ1v) is 15.3. The molecule has 0 saturated heterocycles. The van der Waals surface area contributed by atoms with E-state index in [1.54, 1.807) is 24.3 Å². The van der Waals surface area contributed by atoms with Gasteiger partial charge in [0.25, 0.3) is 0 Å². The summed E-state index contributed by atoms with van der Waals surface area (Å²) >= 11 is 0. The first kappa shape index (κ1) is 20.9. The minimum Gasteiger partial charge on any atom is -0.531 e. The molecule has 0 aromatic heterocycles. The Morgan fingerprint density at radius 2 is 1.63 bits per heavy atom. The second-order valence-corrected chi connectivity index (χ2v) is 15.4. The van der Waals surface area contributed by atoms with E-state index in [1.807, 2.05) is 36.4 Å². The molecule has 0 amide bonds. The number of benzene rings is 2. The van der Waals surface area contributed by atoms with Crippen LogP contribution in [0.2, 0.25) is 19.6 Å². The summed E-state index contributed by atoms with van der Waals surface area (Å²) in [5, 5.41) is 3.06. The lowest BCUT2D eigenvalue weighted by Crippen LogP contribution is -2.39.